The molecule has 6 heteroatoms. The number of nitrogens with zero attached hydrogens (tertiary/aromatic N) is 2. The van der Waals surface area contributed by atoms with Gasteiger partial charge >= 0.3 is 0 Å². The van der Waals surface area contributed by atoms with Crippen LogP contribution in [-0.2, 0) is 7.05 Å². The minimum absolute atomic E-state index is 0.121. The minimum Gasteiger partial charge on any atom is -0.353 e. The van der Waals surface area contributed by atoms with Crippen molar-refractivity contribution in [1.82, 2.24) is 14.8 Å². The quantitative estimate of drug-likeness (QED) is 0.898. The summed E-state index contributed by atoms with van der Waals surface area (Å²) >= 11 is 5.98. The Morgan fingerprint density at radius 1 is 1.33 bits per heavy atom. The Labute approximate surface area is 146 Å². The van der Waals surface area contributed by atoms with Crippen molar-refractivity contribution >= 4 is 17.5 Å². The van der Waals surface area contributed by atoms with Gasteiger partial charge in [0.2, 0.25) is 0 Å². The van der Waals surface area contributed by atoms with Crippen molar-refractivity contribution in [3.05, 3.63) is 58.6 Å². The zero-order chi connectivity index (χ0) is 17.1. The average Bonchev–Trinajstić information content (AvgIpc) is 3.20. The summed E-state index contributed by atoms with van der Waals surface area (Å²) in [5.74, 6) is -0.728. The Kier molecular flexibility index (Phi) is 5.21. The fourth-order valence-electron chi connectivity index (χ4n) is 3.25. The highest BCUT2D eigenvalue weighted by molar-refractivity contribution is 6.33. The van der Waals surface area contributed by atoms with Gasteiger partial charge in [0.1, 0.15) is 5.82 Å². The van der Waals surface area contributed by atoms with Crippen molar-refractivity contribution < 1.29 is 9.18 Å². The van der Waals surface area contributed by atoms with Crippen molar-refractivity contribution in [1.29, 1.82) is 0 Å². The molecule has 1 unspecified atom stereocenters. The summed E-state index contributed by atoms with van der Waals surface area (Å²) in [6.07, 6.45) is 4.37. The van der Waals surface area contributed by atoms with E-state index in [0.717, 1.165) is 19.2 Å². The Bertz CT molecular complexity index is 725. The summed E-state index contributed by atoms with van der Waals surface area (Å²) in [4.78, 5) is 14.8. The molecule has 0 spiro atoms. The molecule has 24 heavy (non-hydrogen) atoms. The van der Waals surface area contributed by atoms with Crippen LogP contribution in [0.2, 0.25) is 5.02 Å². The summed E-state index contributed by atoms with van der Waals surface area (Å²) in [5.41, 5.74) is 1.47. The number of amides is 1. The molecule has 2 aromatic rings. The number of rotatable bonds is 5. The van der Waals surface area contributed by atoms with Crippen LogP contribution in [0.15, 0.2) is 36.5 Å². The van der Waals surface area contributed by atoms with Crippen molar-refractivity contribution in [2.75, 3.05) is 19.6 Å². The zero-order valence-electron chi connectivity index (χ0n) is 13.6. The number of hydrogen-bond acceptors (Lipinski definition) is 2. The maximum atomic E-state index is 13.1. The summed E-state index contributed by atoms with van der Waals surface area (Å²) in [6, 6.07) is 8.04. The number of likely N-dealkylation sites (tertiary alicyclic amines) is 1. The highest BCUT2D eigenvalue weighted by atomic mass is 35.5. The molecule has 3 rings (SSSR count). The standard InChI is InChI=1S/C18H21ClFN3O/c1-22-8-4-5-16(22)17(23-9-2-3-10-23)12-21-18(24)14-7-6-13(20)11-15(14)19/h4-8,11,17H,2-3,9-10,12H2,1H3,(H,21,24). The number of carbonyl (C=O) groups is 1. The number of halogens is 2. The average molecular weight is 350 g/mol. The molecule has 0 saturated carbocycles. The number of benzene rings is 1. The normalized spacial score (nSPS) is 16.3. The first-order valence-corrected chi connectivity index (χ1v) is 8.52. The van der Waals surface area contributed by atoms with E-state index in [0.29, 0.717) is 12.1 Å². The van der Waals surface area contributed by atoms with E-state index < -0.39 is 5.82 Å². The third-order valence-corrected chi connectivity index (χ3v) is 4.85. The van der Waals surface area contributed by atoms with Gasteiger partial charge in [0.25, 0.3) is 5.91 Å². The fraction of sp³-hybridized carbons (Fsp3) is 0.389. The molecule has 4 nitrogen and oxygen atoms in total. The number of carbonyl (C=O) groups excluding carboxylic acids is 1. The predicted molar refractivity (Wildman–Crippen MR) is 92.7 cm³/mol. The smallest absolute Gasteiger partial charge is 0.252 e. The van der Waals surface area contributed by atoms with Gasteiger partial charge in [-0.15, -0.1) is 0 Å². The van der Waals surface area contributed by atoms with Gasteiger partial charge in [-0.05, 0) is 56.3 Å². The van der Waals surface area contributed by atoms with Crippen molar-refractivity contribution in [3.63, 3.8) is 0 Å². The maximum Gasteiger partial charge on any atom is 0.252 e. The van der Waals surface area contributed by atoms with Crippen LogP contribution in [-0.4, -0.2) is 35.0 Å². The molecular weight excluding hydrogens is 329 g/mol. The Balaban J connectivity index is 1.73. The monoisotopic (exact) mass is 349 g/mol. The SMILES string of the molecule is Cn1cccc1C(CNC(=O)c1ccc(F)cc1Cl)N1CCCC1. The van der Waals surface area contributed by atoms with Crippen LogP contribution < -0.4 is 5.32 Å². The van der Waals surface area contributed by atoms with Crippen LogP contribution in [0.1, 0.15) is 34.9 Å². The van der Waals surface area contributed by atoms with E-state index >= 15 is 0 Å². The Morgan fingerprint density at radius 3 is 2.71 bits per heavy atom. The molecule has 0 bridgehead atoms. The largest absolute Gasteiger partial charge is 0.353 e. The first-order valence-electron chi connectivity index (χ1n) is 8.15. The number of hydrogen-bond donors (Lipinski definition) is 1. The third kappa shape index (κ3) is 3.62. The maximum absolute atomic E-state index is 13.1. The van der Waals surface area contributed by atoms with E-state index in [1.807, 2.05) is 19.3 Å². The van der Waals surface area contributed by atoms with Gasteiger partial charge in [-0.1, -0.05) is 11.6 Å². The van der Waals surface area contributed by atoms with E-state index in [4.69, 9.17) is 11.6 Å². The van der Waals surface area contributed by atoms with Crippen LogP contribution >= 0.6 is 11.6 Å². The summed E-state index contributed by atoms with van der Waals surface area (Å²) in [5, 5.41) is 3.08. The highest BCUT2D eigenvalue weighted by Gasteiger charge is 2.26. The van der Waals surface area contributed by atoms with E-state index in [9.17, 15) is 9.18 Å². The molecule has 1 atom stereocenters. The zero-order valence-corrected chi connectivity index (χ0v) is 14.4. The van der Waals surface area contributed by atoms with Crippen LogP contribution in [0, 0.1) is 5.82 Å². The molecule has 128 valence electrons. The lowest BCUT2D eigenvalue weighted by molar-refractivity contribution is 0.0937. The van der Waals surface area contributed by atoms with Gasteiger partial charge in [0, 0.05) is 25.5 Å². The Hall–Kier alpha value is -1.85. The minimum atomic E-state index is -0.449. The number of aryl methyl sites for hydroxylation is 1. The number of aromatic nitrogens is 1. The second-order valence-corrected chi connectivity index (χ2v) is 6.54. The predicted octanol–water partition coefficient (Wildman–Crippen LogP) is 3.38. The highest BCUT2D eigenvalue weighted by Crippen LogP contribution is 2.25. The summed E-state index contributed by atoms with van der Waals surface area (Å²) in [7, 11) is 2.01. The van der Waals surface area contributed by atoms with Crippen LogP contribution in [0.3, 0.4) is 0 Å². The second kappa shape index (κ2) is 7.36. The molecule has 1 aromatic heterocycles. The topological polar surface area (TPSA) is 37.3 Å². The lowest BCUT2D eigenvalue weighted by Gasteiger charge is -2.28. The summed E-state index contributed by atoms with van der Waals surface area (Å²) in [6.45, 7) is 2.55. The van der Waals surface area contributed by atoms with Gasteiger partial charge in [-0.3, -0.25) is 9.69 Å². The van der Waals surface area contributed by atoms with Crippen molar-refractivity contribution in [2.45, 2.75) is 18.9 Å². The molecule has 1 aliphatic heterocycles. The molecule has 0 aliphatic carbocycles. The van der Waals surface area contributed by atoms with Crippen molar-refractivity contribution in [2.24, 2.45) is 7.05 Å². The van der Waals surface area contributed by atoms with E-state index in [2.05, 4.69) is 20.9 Å². The molecule has 1 amide bonds. The number of nitrogens with one attached hydrogen (secondary N) is 1. The van der Waals surface area contributed by atoms with E-state index in [1.54, 1.807) is 0 Å². The molecule has 0 radical (unpaired) electrons. The van der Waals surface area contributed by atoms with Gasteiger partial charge in [-0.2, -0.15) is 0 Å². The van der Waals surface area contributed by atoms with Crippen LogP contribution in [0.5, 0.6) is 0 Å². The molecule has 1 aromatic carbocycles. The first kappa shape index (κ1) is 17.0. The first-order chi connectivity index (χ1) is 11.6. The molecular formula is C18H21ClFN3O. The molecule has 1 N–H and O–H groups in total. The fourth-order valence-corrected chi connectivity index (χ4v) is 3.51. The molecule has 1 fully saturated rings. The lowest BCUT2D eigenvalue weighted by atomic mass is 10.1. The third-order valence-electron chi connectivity index (χ3n) is 4.54. The van der Waals surface area contributed by atoms with Crippen LogP contribution in [0.4, 0.5) is 4.39 Å². The molecule has 2 heterocycles. The van der Waals surface area contributed by atoms with Crippen LogP contribution in [0.25, 0.3) is 0 Å². The van der Waals surface area contributed by atoms with Gasteiger partial charge < -0.3 is 9.88 Å². The van der Waals surface area contributed by atoms with E-state index in [-0.39, 0.29) is 17.0 Å². The second-order valence-electron chi connectivity index (χ2n) is 6.14. The molecule has 1 saturated heterocycles. The van der Waals surface area contributed by atoms with E-state index in [1.165, 1.54) is 30.7 Å². The van der Waals surface area contributed by atoms with Crippen molar-refractivity contribution in [3.8, 4) is 0 Å². The summed E-state index contributed by atoms with van der Waals surface area (Å²) < 4.78 is 15.2. The van der Waals surface area contributed by atoms with Gasteiger partial charge in [0.15, 0.2) is 0 Å². The lowest BCUT2D eigenvalue weighted by Crippen LogP contribution is -2.37. The van der Waals surface area contributed by atoms with Gasteiger partial charge in [0.05, 0.1) is 16.6 Å². The Morgan fingerprint density at radius 2 is 2.08 bits per heavy atom. The van der Waals surface area contributed by atoms with Gasteiger partial charge in [-0.25, -0.2) is 4.39 Å². The molecule has 1 aliphatic rings.